The molecule has 0 atom stereocenters. The third-order valence-corrected chi connectivity index (χ3v) is 4.33. The Morgan fingerprint density at radius 2 is 1.32 bits per heavy atom. The average Bonchev–Trinajstić information content (AvgIpc) is 3.38. The molecule has 0 aliphatic rings. The summed E-state index contributed by atoms with van der Waals surface area (Å²) in [5.41, 5.74) is 2.08. The minimum atomic E-state index is -0.463. The summed E-state index contributed by atoms with van der Waals surface area (Å²) in [6.07, 6.45) is 0. The highest BCUT2D eigenvalue weighted by Crippen LogP contribution is 2.27. The number of fused-ring (bicyclic) bond motifs is 2. The van der Waals surface area contributed by atoms with Crippen molar-refractivity contribution in [2.45, 2.75) is 6.92 Å². The summed E-state index contributed by atoms with van der Waals surface area (Å²) in [5.74, 6) is -0.746. The maximum atomic E-state index is 11.4. The number of ether oxygens (including phenoxy) is 3. The molecule has 0 amide bonds. The van der Waals surface area contributed by atoms with E-state index in [1.807, 2.05) is 0 Å². The fraction of sp³-hybridized carbons (Fsp3) is 0.136. The van der Waals surface area contributed by atoms with E-state index >= 15 is 0 Å². The van der Waals surface area contributed by atoms with Crippen LogP contribution in [0, 0.1) is 0 Å². The Kier molecular flexibility index (Phi) is 6.25. The number of phenols is 1. The van der Waals surface area contributed by atoms with Gasteiger partial charge in [0, 0.05) is 28.7 Å². The van der Waals surface area contributed by atoms with E-state index in [1.54, 1.807) is 48.5 Å². The van der Waals surface area contributed by atoms with Crippen LogP contribution in [0.25, 0.3) is 21.8 Å². The van der Waals surface area contributed by atoms with Gasteiger partial charge in [0.2, 0.25) is 0 Å². The molecule has 160 valence electrons. The maximum Gasteiger partial charge on any atom is 0.354 e. The number of hydrogen-bond acceptors (Lipinski definition) is 7. The summed E-state index contributed by atoms with van der Waals surface area (Å²) < 4.78 is 14.2. The van der Waals surface area contributed by atoms with Gasteiger partial charge in [0.15, 0.2) is 0 Å². The Hall–Kier alpha value is -4.27. The first-order valence-corrected chi connectivity index (χ1v) is 9.11. The standard InChI is InChI=1S/C12H11NO4.C10H9NO3/c1-7(14)17-11-5-3-4-9-8(11)6-10(13-9)12(15)16-2;1-14-10(13)8-5-6-7(11-8)3-2-4-9(6)12/h3-6,13H,1-2H3;2-5,11-12H,1H3. The fourth-order valence-corrected chi connectivity index (χ4v) is 2.95. The summed E-state index contributed by atoms with van der Waals surface area (Å²) in [5, 5.41) is 10.8. The van der Waals surface area contributed by atoms with Crippen LogP contribution >= 0.6 is 0 Å². The van der Waals surface area contributed by atoms with Crippen LogP contribution in [0.5, 0.6) is 11.5 Å². The molecule has 0 saturated carbocycles. The van der Waals surface area contributed by atoms with Crippen LogP contribution in [0.2, 0.25) is 0 Å². The lowest BCUT2D eigenvalue weighted by Crippen LogP contribution is -2.01. The van der Waals surface area contributed by atoms with Gasteiger partial charge in [-0.25, -0.2) is 9.59 Å². The summed E-state index contributed by atoms with van der Waals surface area (Å²) in [6.45, 7) is 1.33. The molecule has 4 aromatic rings. The predicted octanol–water partition coefficient (Wildman–Crippen LogP) is 3.54. The Morgan fingerprint density at radius 3 is 1.84 bits per heavy atom. The third-order valence-electron chi connectivity index (χ3n) is 4.33. The SMILES string of the molecule is COC(=O)c1cc2c(O)cccc2[nH]1.COC(=O)c1cc2c(OC(C)=O)cccc2[nH]1. The highest BCUT2D eigenvalue weighted by atomic mass is 16.5. The van der Waals surface area contributed by atoms with E-state index in [1.165, 1.54) is 21.1 Å². The van der Waals surface area contributed by atoms with Gasteiger partial charge < -0.3 is 29.3 Å². The molecule has 0 radical (unpaired) electrons. The number of hydrogen-bond donors (Lipinski definition) is 3. The summed E-state index contributed by atoms with van der Waals surface area (Å²) in [7, 11) is 2.62. The monoisotopic (exact) mass is 424 g/mol. The quantitative estimate of drug-likeness (QED) is 0.339. The molecule has 2 aromatic heterocycles. The van der Waals surface area contributed by atoms with Crippen LogP contribution in [0.1, 0.15) is 27.9 Å². The average molecular weight is 424 g/mol. The van der Waals surface area contributed by atoms with E-state index in [2.05, 4.69) is 19.4 Å². The largest absolute Gasteiger partial charge is 0.507 e. The smallest absolute Gasteiger partial charge is 0.354 e. The lowest BCUT2D eigenvalue weighted by atomic mass is 10.2. The molecule has 0 fully saturated rings. The number of carbonyl (C=O) groups excluding carboxylic acids is 3. The number of methoxy groups -OCH3 is 2. The highest BCUT2D eigenvalue weighted by Gasteiger charge is 2.13. The maximum absolute atomic E-state index is 11.4. The van der Waals surface area contributed by atoms with Crippen LogP contribution in [-0.4, -0.2) is 47.2 Å². The molecule has 0 bridgehead atoms. The zero-order valence-electron chi connectivity index (χ0n) is 17.0. The van der Waals surface area contributed by atoms with Gasteiger partial charge in [-0.2, -0.15) is 0 Å². The molecule has 4 rings (SSSR count). The van der Waals surface area contributed by atoms with Gasteiger partial charge in [-0.3, -0.25) is 4.79 Å². The van der Waals surface area contributed by atoms with Gasteiger partial charge in [-0.1, -0.05) is 12.1 Å². The van der Waals surface area contributed by atoms with Gasteiger partial charge in [-0.15, -0.1) is 0 Å². The van der Waals surface area contributed by atoms with Gasteiger partial charge in [-0.05, 0) is 36.4 Å². The number of esters is 3. The second-order valence-corrected chi connectivity index (χ2v) is 6.40. The van der Waals surface area contributed by atoms with E-state index in [-0.39, 0.29) is 5.75 Å². The zero-order chi connectivity index (χ0) is 22.5. The molecule has 3 N–H and O–H groups in total. The molecule has 0 aliphatic heterocycles. The minimum Gasteiger partial charge on any atom is -0.507 e. The van der Waals surface area contributed by atoms with Crippen LogP contribution in [0.4, 0.5) is 0 Å². The first kappa shape index (κ1) is 21.4. The van der Waals surface area contributed by atoms with Crippen molar-refractivity contribution in [2.75, 3.05) is 14.2 Å². The molecule has 0 aliphatic carbocycles. The van der Waals surface area contributed by atoms with Gasteiger partial charge in [0.1, 0.15) is 22.9 Å². The number of aromatic nitrogens is 2. The third kappa shape index (κ3) is 4.67. The van der Waals surface area contributed by atoms with Crippen LogP contribution in [-0.2, 0) is 14.3 Å². The van der Waals surface area contributed by atoms with Gasteiger partial charge in [0.25, 0.3) is 0 Å². The lowest BCUT2D eigenvalue weighted by Gasteiger charge is -2.01. The fourth-order valence-electron chi connectivity index (χ4n) is 2.95. The molecular formula is C22H20N2O7. The molecule has 2 heterocycles. The Morgan fingerprint density at radius 1 is 0.806 bits per heavy atom. The summed E-state index contributed by atoms with van der Waals surface area (Å²) >= 11 is 0. The van der Waals surface area contributed by atoms with Crippen molar-refractivity contribution in [1.29, 1.82) is 0 Å². The molecule has 31 heavy (non-hydrogen) atoms. The topological polar surface area (TPSA) is 131 Å². The molecule has 0 unspecified atom stereocenters. The Labute approximate surface area is 176 Å². The van der Waals surface area contributed by atoms with Crippen molar-refractivity contribution < 1.29 is 33.7 Å². The number of aromatic amines is 2. The highest BCUT2D eigenvalue weighted by molar-refractivity contribution is 5.98. The van der Waals surface area contributed by atoms with Crippen molar-refractivity contribution in [3.63, 3.8) is 0 Å². The molecule has 9 nitrogen and oxygen atoms in total. The first-order valence-electron chi connectivity index (χ1n) is 9.11. The Bertz CT molecular complexity index is 1270. The normalized spacial score (nSPS) is 10.3. The van der Waals surface area contributed by atoms with Crippen LogP contribution < -0.4 is 4.74 Å². The van der Waals surface area contributed by atoms with Crippen LogP contribution in [0.3, 0.4) is 0 Å². The van der Waals surface area contributed by atoms with E-state index in [9.17, 15) is 19.5 Å². The number of phenolic OH excluding ortho intramolecular Hbond substituents is 1. The van der Waals surface area contributed by atoms with Crippen molar-refractivity contribution in [3.05, 3.63) is 59.9 Å². The number of rotatable bonds is 3. The number of H-pyrrole nitrogens is 2. The molecule has 9 heteroatoms. The number of aromatic hydroxyl groups is 1. The van der Waals surface area contributed by atoms with Crippen molar-refractivity contribution in [3.8, 4) is 11.5 Å². The zero-order valence-corrected chi connectivity index (χ0v) is 17.0. The number of carbonyl (C=O) groups is 3. The molecule has 0 saturated heterocycles. The van der Waals surface area contributed by atoms with Crippen LogP contribution in [0.15, 0.2) is 48.5 Å². The van der Waals surface area contributed by atoms with Crippen molar-refractivity contribution >= 4 is 39.7 Å². The summed E-state index contributed by atoms with van der Waals surface area (Å²) in [4.78, 5) is 39.2. The predicted molar refractivity (Wildman–Crippen MR) is 112 cm³/mol. The van der Waals surface area contributed by atoms with Crippen molar-refractivity contribution in [2.24, 2.45) is 0 Å². The summed E-state index contributed by atoms with van der Waals surface area (Å²) in [6, 6.07) is 13.4. The minimum absolute atomic E-state index is 0.147. The van der Waals surface area contributed by atoms with Crippen molar-refractivity contribution in [1.82, 2.24) is 9.97 Å². The first-order chi connectivity index (χ1) is 14.8. The van der Waals surface area contributed by atoms with Gasteiger partial charge in [0.05, 0.1) is 14.2 Å². The lowest BCUT2D eigenvalue weighted by molar-refractivity contribution is -0.131. The molecule has 2 aromatic carbocycles. The Balaban J connectivity index is 0.000000179. The second kappa shape index (κ2) is 9.04. The number of benzene rings is 2. The van der Waals surface area contributed by atoms with E-state index < -0.39 is 17.9 Å². The molecule has 0 spiro atoms. The van der Waals surface area contributed by atoms with E-state index in [4.69, 9.17) is 4.74 Å². The number of nitrogens with one attached hydrogen (secondary N) is 2. The van der Waals surface area contributed by atoms with E-state index in [0.717, 1.165) is 0 Å². The molecular weight excluding hydrogens is 404 g/mol. The van der Waals surface area contributed by atoms with E-state index in [0.29, 0.717) is 38.9 Å². The second-order valence-electron chi connectivity index (χ2n) is 6.40. The van der Waals surface area contributed by atoms with Gasteiger partial charge >= 0.3 is 17.9 Å².